The zero-order valence-corrected chi connectivity index (χ0v) is 20.2. The second-order valence-corrected chi connectivity index (χ2v) is 8.71. The number of methoxy groups -OCH3 is 1. The predicted molar refractivity (Wildman–Crippen MR) is 136 cm³/mol. The van der Waals surface area contributed by atoms with Crippen molar-refractivity contribution in [3.05, 3.63) is 92.8 Å². The number of aryl methyl sites for hydroxylation is 1. The average Bonchev–Trinajstić information content (AvgIpc) is 2.88. The van der Waals surface area contributed by atoms with Crippen molar-refractivity contribution in [2.75, 3.05) is 44.7 Å². The van der Waals surface area contributed by atoms with E-state index in [9.17, 15) is 9.59 Å². The minimum absolute atomic E-state index is 0.155. The van der Waals surface area contributed by atoms with E-state index in [0.29, 0.717) is 25.1 Å². The molecule has 1 aliphatic rings. The van der Waals surface area contributed by atoms with E-state index in [-0.39, 0.29) is 11.2 Å². The van der Waals surface area contributed by atoms with E-state index in [0.717, 1.165) is 56.1 Å². The summed E-state index contributed by atoms with van der Waals surface area (Å²) in [5.74, 6) is 0.901. The molecule has 1 aliphatic heterocycles. The molecular weight excluding hydrogens is 428 g/mol. The molecule has 3 aromatic rings. The molecule has 7 heteroatoms. The largest absolute Gasteiger partial charge is 0.495 e. The molecule has 1 saturated heterocycles. The van der Waals surface area contributed by atoms with E-state index in [1.54, 1.807) is 17.9 Å². The topological polar surface area (TPSA) is 59.7 Å². The second kappa shape index (κ2) is 11.2. The van der Waals surface area contributed by atoms with Crippen molar-refractivity contribution < 1.29 is 4.74 Å². The number of benzene rings is 2. The summed E-state index contributed by atoms with van der Waals surface area (Å²) in [4.78, 5) is 30.7. The first-order chi connectivity index (χ1) is 16.6. The van der Waals surface area contributed by atoms with Gasteiger partial charge < -0.3 is 9.64 Å². The molecule has 0 saturated carbocycles. The average molecular weight is 463 g/mol. The lowest BCUT2D eigenvalue weighted by atomic mass is 10.2. The Labute approximate surface area is 200 Å². The van der Waals surface area contributed by atoms with Crippen LogP contribution >= 0.6 is 0 Å². The SMILES string of the molecule is CCc1cn(Cc2ccccc2)c(=O)n(CCCN2CCN(c3ccccc3OC)CC2)c1=O. The normalized spacial score (nSPS) is 14.4. The lowest BCUT2D eigenvalue weighted by Crippen LogP contribution is -2.47. The first-order valence-corrected chi connectivity index (χ1v) is 12.1. The Kier molecular flexibility index (Phi) is 7.85. The summed E-state index contributed by atoms with van der Waals surface area (Å²) < 4.78 is 8.60. The molecule has 2 aromatic carbocycles. The Morgan fingerprint density at radius 3 is 2.29 bits per heavy atom. The molecule has 180 valence electrons. The summed E-state index contributed by atoms with van der Waals surface area (Å²) in [6.07, 6.45) is 3.10. The van der Waals surface area contributed by atoms with Crippen LogP contribution in [0.3, 0.4) is 0 Å². The van der Waals surface area contributed by atoms with Crippen molar-refractivity contribution in [3.8, 4) is 5.75 Å². The molecule has 0 atom stereocenters. The van der Waals surface area contributed by atoms with Crippen LogP contribution < -0.4 is 20.9 Å². The van der Waals surface area contributed by atoms with E-state index in [4.69, 9.17) is 4.74 Å². The third-order valence-corrected chi connectivity index (χ3v) is 6.54. The van der Waals surface area contributed by atoms with Gasteiger partial charge in [0.15, 0.2) is 0 Å². The lowest BCUT2D eigenvalue weighted by Gasteiger charge is -2.36. The summed E-state index contributed by atoms with van der Waals surface area (Å²) in [6.45, 7) is 7.47. The summed E-state index contributed by atoms with van der Waals surface area (Å²) in [7, 11) is 1.71. The Morgan fingerprint density at radius 2 is 1.59 bits per heavy atom. The molecule has 0 unspecified atom stereocenters. The maximum Gasteiger partial charge on any atom is 0.331 e. The van der Waals surface area contributed by atoms with Gasteiger partial charge in [0.25, 0.3) is 5.56 Å². The third-order valence-electron chi connectivity index (χ3n) is 6.54. The summed E-state index contributed by atoms with van der Waals surface area (Å²) in [5, 5.41) is 0. The van der Waals surface area contributed by atoms with Gasteiger partial charge in [-0.2, -0.15) is 0 Å². The second-order valence-electron chi connectivity index (χ2n) is 8.71. The smallest absolute Gasteiger partial charge is 0.331 e. The fourth-order valence-corrected chi connectivity index (χ4v) is 4.60. The molecule has 1 fully saturated rings. The molecule has 7 nitrogen and oxygen atoms in total. The van der Waals surface area contributed by atoms with Crippen LogP contribution in [0.15, 0.2) is 70.4 Å². The number of aromatic nitrogens is 2. The lowest BCUT2D eigenvalue weighted by molar-refractivity contribution is 0.248. The van der Waals surface area contributed by atoms with Gasteiger partial charge in [0.2, 0.25) is 0 Å². The van der Waals surface area contributed by atoms with Crippen LogP contribution in [0.1, 0.15) is 24.5 Å². The highest BCUT2D eigenvalue weighted by Crippen LogP contribution is 2.28. The molecule has 0 N–H and O–H groups in total. The van der Waals surface area contributed by atoms with E-state index >= 15 is 0 Å². The van der Waals surface area contributed by atoms with E-state index in [1.807, 2.05) is 55.5 Å². The van der Waals surface area contributed by atoms with Crippen molar-refractivity contribution in [3.63, 3.8) is 0 Å². The Bertz CT molecular complexity index is 1190. The fraction of sp³-hybridized carbons (Fsp3) is 0.407. The zero-order valence-electron chi connectivity index (χ0n) is 20.2. The van der Waals surface area contributed by atoms with Gasteiger partial charge >= 0.3 is 5.69 Å². The molecule has 0 aliphatic carbocycles. The Hall–Kier alpha value is -3.32. The predicted octanol–water partition coefficient (Wildman–Crippen LogP) is 2.84. The fourth-order valence-electron chi connectivity index (χ4n) is 4.60. The molecule has 0 amide bonds. The molecule has 34 heavy (non-hydrogen) atoms. The van der Waals surface area contributed by atoms with Crippen LogP contribution in [0, 0.1) is 0 Å². The number of ether oxygens (including phenoxy) is 1. The Morgan fingerprint density at radius 1 is 0.882 bits per heavy atom. The standard InChI is InChI=1S/C27H34N4O3/c1-3-23-21-30(20-22-10-5-4-6-11-22)27(33)31(26(23)32)15-9-14-28-16-18-29(19-17-28)24-12-7-8-13-25(24)34-2/h4-8,10-13,21H,3,9,14-20H2,1-2H3. The minimum atomic E-state index is -0.230. The van der Waals surface area contributed by atoms with Gasteiger partial charge in [-0.1, -0.05) is 49.4 Å². The van der Waals surface area contributed by atoms with E-state index in [2.05, 4.69) is 15.9 Å². The first-order valence-electron chi connectivity index (χ1n) is 12.1. The molecule has 1 aromatic heterocycles. The van der Waals surface area contributed by atoms with Crippen molar-refractivity contribution in [2.24, 2.45) is 0 Å². The zero-order chi connectivity index (χ0) is 23.9. The van der Waals surface area contributed by atoms with Crippen molar-refractivity contribution in [1.82, 2.24) is 14.0 Å². The molecule has 2 heterocycles. The monoisotopic (exact) mass is 462 g/mol. The summed E-state index contributed by atoms with van der Waals surface area (Å²) in [6, 6.07) is 18.0. The quantitative estimate of drug-likeness (QED) is 0.490. The summed E-state index contributed by atoms with van der Waals surface area (Å²) in [5.41, 5.74) is 2.47. The van der Waals surface area contributed by atoms with Crippen LogP contribution in [-0.2, 0) is 19.5 Å². The maximum absolute atomic E-state index is 13.1. The minimum Gasteiger partial charge on any atom is -0.495 e. The van der Waals surface area contributed by atoms with Gasteiger partial charge in [-0.05, 0) is 37.1 Å². The molecular formula is C27H34N4O3. The number of para-hydroxylation sites is 2. The van der Waals surface area contributed by atoms with Gasteiger partial charge in [-0.3, -0.25) is 18.8 Å². The number of nitrogens with zero attached hydrogens (tertiary/aromatic N) is 4. The van der Waals surface area contributed by atoms with Gasteiger partial charge in [0.05, 0.1) is 19.3 Å². The van der Waals surface area contributed by atoms with Gasteiger partial charge in [0.1, 0.15) is 5.75 Å². The highest BCUT2D eigenvalue weighted by Gasteiger charge is 2.19. The van der Waals surface area contributed by atoms with Crippen LogP contribution in [-0.4, -0.2) is 53.9 Å². The van der Waals surface area contributed by atoms with Crippen molar-refractivity contribution >= 4 is 5.69 Å². The number of rotatable bonds is 9. The van der Waals surface area contributed by atoms with Crippen LogP contribution in [0.2, 0.25) is 0 Å². The summed E-state index contributed by atoms with van der Waals surface area (Å²) >= 11 is 0. The molecule has 0 spiro atoms. The first kappa shape index (κ1) is 23.8. The van der Waals surface area contributed by atoms with Crippen LogP contribution in [0.4, 0.5) is 5.69 Å². The van der Waals surface area contributed by atoms with E-state index < -0.39 is 0 Å². The van der Waals surface area contributed by atoms with Crippen molar-refractivity contribution in [1.29, 1.82) is 0 Å². The van der Waals surface area contributed by atoms with Gasteiger partial charge in [-0.25, -0.2) is 4.79 Å². The molecule has 0 radical (unpaired) electrons. The number of hydrogen-bond acceptors (Lipinski definition) is 5. The highest BCUT2D eigenvalue weighted by atomic mass is 16.5. The van der Waals surface area contributed by atoms with E-state index in [1.165, 1.54) is 4.57 Å². The molecule has 0 bridgehead atoms. The van der Waals surface area contributed by atoms with Gasteiger partial charge in [-0.15, -0.1) is 0 Å². The molecule has 4 rings (SSSR count). The number of piperazine rings is 1. The van der Waals surface area contributed by atoms with Crippen LogP contribution in [0.5, 0.6) is 5.75 Å². The van der Waals surface area contributed by atoms with Gasteiger partial charge in [0, 0.05) is 44.5 Å². The number of anilines is 1. The highest BCUT2D eigenvalue weighted by molar-refractivity contribution is 5.58. The third kappa shape index (κ3) is 5.42. The Balaban J connectivity index is 1.38. The van der Waals surface area contributed by atoms with Crippen molar-refractivity contribution in [2.45, 2.75) is 32.9 Å². The maximum atomic E-state index is 13.1. The number of hydrogen-bond donors (Lipinski definition) is 0. The van der Waals surface area contributed by atoms with Crippen LogP contribution in [0.25, 0.3) is 0 Å².